The standard InChI is InChI=1S/C18H17ClN4O2S/c1-10-22-15(9-26-10)11-5-4-6-13(17(11)25-3)23-14-7-16(19)21-8-12(14)18(24)20-2/h4-9H,1-3H3,(H,20,24)(H,21,23)/i2D3. The second-order valence-corrected chi connectivity index (χ2v) is 6.72. The molecule has 1 aromatic carbocycles. The molecule has 0 spiro atoms. The Morgan fingerprint density at radius 2 is 2.23 bits per heavy atom. The van der Waals surface area contributed by atoms with E-state index < -0.39 is 12.9 Å². The van der Waals surface area contributed by atoms with Crippen LogP contribution in [0.2, 0.25) is 5.15 Å². The monoisotopic (exact) mass is 391 g/mol. The number of amides is 1. The van der Waals surface area contributed by atoms with E-state index in [9.17, 15) is 4.79 Å². The lowest BCUT2D eigenvalue weighted by atomic mass is 10.1. The van der Waals surface area contributed by atoms with Crippen molar-refractivity contribution in [2.75, 3.05) is 19.4 Å². The smallest absolute Gasteiger partial charge is 0.254 e. The molecule has 0 fully saturated rings. The Labute approximate surface area is 164 Å². The average molecular weight is 392 g/mol. The SMILES string of the molecule is [2H]C([2H])([2H])NC(=O)c1cnc(Cl)cc1Nc1cccc(-c2csc(C)n2)c1OC. The van der Waals surface area contributed by atoms with Gasteiger partial charge in [0, 0.05) is 28.2 Å². The summed E-state index contributed by atoms with van der Waals surface area (Å²) in [6.45, 7) is -0.717. The van der Waals surface area contributed by atoms with E-state index in [0.29, 0.717) is 11.4 Å². The number of nitrogens with zero attached hydrogens (tertiary/aromatic N) is 2. The van der Waals surface area contributed by atoms with E-state index in [4.69, 9.17) is 20.5 Å². The second-order valence-electron chi connectivity index (χ2n) is 5.27. The van der Waals surface area contributed by atoms with Gasteiger partial charge in [-0.15, -0.1) is 11.3 Å². The fraction of sp³-hybridized carbons (Fsp3) is 0.167. The van der Waals surface area contributed by atoms with Crippen LogP contribution in [0, 0.1) is 6.92 Å². The number of carbonyl (C=O) groups excluding carboxylic acids is 1. The Hall–Kier alpha value is -2.64. The fourth-order valence-electron chi connectivity index (χ4n) is 2.47. The predicted molar refractivity (Wildman–Crippen MR) is 105 cm³/mol. The van der Waals surface area contributed by atoms with E-state index in [0.717, 1.165) is 16.3 Å². The number of halogens is 1. The van der Waals surface area contributed by atoms with Crippen LogP contribution in [0.1, 0.15) is 19.5 Å². The molecule has 8 heteroatoms. The number of methoxy groups -OCH3 is 1. The zero-order valence-corrected chi connectivity index (χ0v) is 15.5. The van der Waals surface area contributed by atoms with Gasteiger partial charge in [0.25, 0.3) is 5.91 Å². The molecule has 0 unspecified atom stereocenters. The highest BCUT2D eigenvalue weighted by Crippen LogP contribution is 2.38. The van der Waals surface area contributed by atoms with E-state index in [1.54, 1.807) is 6.07 Å². The van der Waals surface area contributed by atoms with Crippen molar-refractivity contribution in [1.29, 1.82) is 0 Å². The number of carbonyl (C=O) groups is 1. The van der Waals surface area contributed by atoms with Gasteiger partial charge in [0.05, 0.1) is 34.7 Å². The van der Waals surface area contributed by atoms with Gasteiger partial charge in [0.15, 0.2) is 5.75 Å². The highest BCUT2D eigenvalue weighted by Gasteiger charge is 2.17. The molecule has 26 heavy (non-hydrogen) atoms. The third kappa shape index (κ3) is 3.63. The van der Waals surface area contributed by atoms with E-state index in [1.165, 1.54) is 30.7 Å². The van der Waals surface area contributed by atoms with E-state index in [-0.39, 0.29) is 16.4 Å². The van der Waals surface area contributed by atoms with Crippen molar-refractivity contribution in [1.82, 2.24) is 15.3 Å². The van der Waals surface area contributed by atoms with Crippen molar-refractivity contribution in [3.05, 3.63) is 51.6 Å². The van der Waals surface area contributed by atoms with Crippen LogP contribution >= 0.6 is 22.9 Å². The molecule has 2 heterocycles. The summed E-state index contributed by atoms with van der Waals surface area (Å²) >= 11 is 7.51. The van der Waals surface area contributed by atoms with Gasteiger partial charge in [-0.3, -0.25) is 4.79 Å². The van der Waals surface area contributed by atoms with Crippen molar-refractivity contribution >= 4 is 40.2 Å². The molecule has 0 bridgehead atoms. The minimum atomic E-state index is -2.63. The summed E-state index contributed by atoms with van der Waals surface area (Å²) in [7, 11) is 1.53. The number of hydrogen-bond acceptors (Lipinski definition) is 6. The summed E-state index contributed by atoms with van der Waals surface area (Å²) in [6.07, 6.45) is 1.21. The summed E-state index contributed by atoms with van der Waals surface area (Å²) in [5.74, 6) is -0.283. The van der Waals surface area contributed by atoms with Gasteiger partial charge in [-0.25, -0.2) is 9.97 Å². The lowest BCUT2D eigenvalue weighted by molar-refractivity contribution is 0.0963. The van der Waals surface area contributed by atoms with E-state index in [1.807, 2.05) is 29.8 Å². The minimum Gasteiger partial charge on any atom is -0.494 e. The quantitative estimate of drug-likeness (QED) is 0.635. The Kier molecular flexibility index (Phi) is 4.31. The normalized spacial score (nSPS) is 12.7. The molecule has 2 aromatic heterocycles. The Balaban J connectivity index is 2.02. The zero-order chi connectivity index (χ0) is 21.2. The molecule has 0 aliphatic carbocycles. The number of nitrogens with one attached hydrogen (secondary N) is 2. The molecule has 0 aliphatic rings. The summed E-state index contributed by atoms with van der Waals surface area (Å²) in [5, 5.41) is 8.04. The zero-order valence-electron chi connectivity index (χ0n) is 17.0. The molecule has 1 amide bonds. The number of anilines is 2. The third-order valence-corrected chi connectivity index (χ3v) is 4.59. The van der Waals surface area contributed by atoms with Crippen LogP contribution < -0.4 is 15.4 Å². The maximum atomic E-state index is 12.4. The van der Waals surface area contributed by atoms with Gasteiger partial charge in [-0.2, -0.15) is 0 Å². The number of aryl methyl sites for hydroxylation is 1. The topological polar surface area (TPSA) is 76.1 Å². The number of para-hydroxylation sites is 1. The van der Waals surface area contributed by atoms with Crippen LogP contribution in [0.3, 0.4) is 0 Å². The van der Waals surface area contributed by atoms with Crippen molar-refractivity contribution < 1.29 is 13.6 Å². The van der Waals surface area contributed by atoms with Crippen LogP contribution in [-0.2, 0) is 0 Å². The van der Waals surface area contributed by atoms with Crippen molar-refractivity contribution in [3.8, 4) is 17.0 Å². The first-order valence-electron chi connectivity index (χ1n) is 9.02. The van der Waals surface area contributed by atoms with Crippen LogP contribution in [-0.4, -0.2) is 30.0 Å². The van der Waals surface area contributed by atoms with Crippen molar-refractivity contribution in [3.63, 3.8) is 0 Å². The summed E-state index contributed by atoms with van der Waals surface area (Å²) < 4.78 is 27.3. The number of aromatic nitrogens is 2. The Bertz CT molecular complexity index is 1060. The van der Waals surface area contributed by atoms with E-state index >= 15 is 0 Å². The molecule has 0 radical (unpaired) electrons. The molecule has 134 valence electrons. The fourth-order valence-corrected chi connectivity index (χ4v) is 3.24. The third-order valence-electron chi connectivity index (χ3n) is 3.61. The maximum Gasteiger partial charge on any atom is 0.254 e. The molecule has 0 aliphatic heterocycles. The number of thiazole rings is 1. The number of benzene rings is 1. The molecule has 2 N–H and O–H groups in total. The molecule has 3 rings (SSSR count). The number of rotatable bonds is 5. The molecule has 0 saturated carbocycles. The highest BCUT2D eigenvalue weighted by atomic mass is 35.5. The summed E-state index contributed by atoms with van der Waals surface area (Å²) in [6, 6.07) is 6.90. The maximum absolute atomic E-state index is 12.4. The first-order valence-corrected chi connectivity index (χ1v) is 8.78. The Morgan fingerprint density at radius 1 is 1.38 bits per heavy atom. The average Bonchev–Trinajstić information content (AvgIpc) is 3.06. The first-order chi connectivity index (χ1) is 13.7. The van der Waals surface area contributed by atoms with Gasteiger partial charge in [-0.05, 0) is 25.1 Å². The van der Waals surface area contributed by atoms with E-state index in [2.05, 4.69) is 15.3 Å². The molecular formula is C18H17ClN4O2S. The largest absolute Gasteiger partial charge is 0.494 e. The van der Waals surface area contributed by atoms with Gasteiger partial charge < -0.3 is 15.4 Å². The lowest BCUT2D eigenvalue weighted by Gasteiger charge is -2.16. The van der Waals surface area contributed by atoms with Crippen LogP contribution in [0.5, 0.6) is 5.75 Å². The molecule has 6 nitrogen and oxygen atoms in total. The summed E-state index contributed by atoms with van der Waals surface area (Å²) in [5.41, 5.74) is 2.41. The molecule has 0 atom stereocenters. The second kappa shape index (κ2) is 7.72. The minimum absolute atomic E-state index is 0.0301. The number of ether oxygens (including phenoxy) is 1. The Morgan fingerprint density at radius 3 is 2.92 bits per heavy atom. The number of pyridine rings is 1. The molecule has 0 saturated heterocycles. The van der Waals surface area contributed by atoms with Gasteiger partial charge in [-0.1, -0.05) is 17.7 Å². The van der Waals surface area contributed by atoms with Crippen molar-refractivity contribution in [2.45, 2.75) is 6.92 Å². The van der Waals surface area contributed by atoms with Crippen LogP contribution in [0.25, 0.3) is 11.3 Å². The highest BCUT2D eigenvalue weighted by molar-refractivity contribution is 7.09. The number of hydrogen-bond donors (Lipinski definition) is 2. The lowest BCUT2D eigenvalue weighted by Crippen LogP contribution is -2.19. The predicted octanol–water partition coefficient (Wildman–Crippen LogP) is 4.28. The van der Waals surface area contributed by atoms with Gasteiger partial charge in [0.2, 0.25) is 0 Å². The summed E-state index contributed by atoms with van der Waals surface area (Å²) in [4.78, 5) is 20.8. The van der Waals surface area contributed by atoms with Crippen LogP contribution in [0.4, 0.5) is 11.4 Å². The van der Waals surface area contributed by atoms with Gasteiger partial charge >= 0.3 is 0 Å². The van der Waals surface area contributed by atoms with Gasteiger partial charge in [0.1, 0.15) is 5.15 Å². The van der Waals surface area contributed by atoms with Crippen LogP contribution in [0.15, 0.2) is 35.8 Å². The van der Waals surface area contributed by atoms with Crippen molar-refractivity contribution in [2.24, 2.45) is 0 Å². The molecule has 3 aromatic rings. The first kappa shape index (κ1) is 14.5. The molecular weight excluding hydrogens is 372 g/mol.